The lowest BCUT2D eigenvalue weighted by atomic mass is 10.1. The second-order valence-electron chi connectivity index (χ2n) is 14.1. The summed E-state index contributed by atoms with van der Waals surface area (Å²) in [4.78, 5) is 105. The first-order valence-corrected chi connectivity index (χ1v) is 22.6. The van der Waals surface area contributed by atoms with Gasteiger partial charge < -0.3 is 69.0 Å². The van der Waals surface area contributed by atoms with Gasteiger partial charge in [-0.1, -0.05) is 71.0 Å². The maximum atomic E-state index is 13.6. The van der Waals surface area contributed by atoms with Crippen molar-refractivity contribution in [3.8, 4) is 5.75 Å². The van der Waals surface area contributed by atoms with Crippen molar-refractivity contribution in [2.45, 2.75) is 87.5 Å². The highest BCUT2D eigenvalue weighted by molar-refractivity contribution is 8.76. The first-order chi connectivity index (χ1) is 30.9. The summed E-state index contributed by atoms with van der Waals surface area (Å²) in [7, 11) is 2.97. The van der Waals surface area contributed by atoms with E-state index in [0.29, 0.717) is 16.2 Å². The van der Waals surface area contributed by atoms with Crippen LogP contribution in [-0.4, -0.2) is 132 Å². The monoisotopic (exact) mass is 946 g/mol. The van der Waals surface area contributed by atoms with E-state index >= 15 is 0 Å². The summed E-state index contributed by atoms with van der Waals surface area (Å²) in [6.45, 7) is 1.64. The molecule has 0 spiro atoms. The second kappa shape index (κ2) is 29.7. The van der Waals surface area contributed by atoms with E-state index in [2.05, 4.69) is 42.5 Å². The number of guanidine groups is 2. The minimum Gasteiger partial charge on any atom is -0.481 e. The Morgan fingerprint density at radius 1 is 0.692 bits per heavy atom. The fraction of sp³-hybridized carbons (Fsp3) is 0.450. The van der Waals surface area contributed by atoms with Crippen molar-refractivity contribution in [1.82, 2.24) is 42.5 Å². The van der Waals surface area contributed by atoms with Gasteiger partial charge in [-0.25, -0.2) is 4.79 Å². The van der Waals surface area contributed by atoms with Gasteiger partial charge in [0.25, 0.3) is 0 Å². The minimum absolute atomic E-state index is 0.00124. The van der Waals surface area contributed by atoms with Crippen molar-refractivity contribution in [1.29, 1.82) is 10.8 Å². The zero-order valence-electron chi connectivity index (χ0n) is 35.9. The number of nitrogens with one attached hydrogen (secondary N) is 10. The van der Waals surface area contributed by atoms with E-state index in [0.717, 1.165) is 12.7 Å². The molecule has 3 unspecified atom stereocenters. The van der Waals surface area contributed by atoms with Crippen LogP contribution < -0.4 is 58.7 Å². The Morgan fingerprint density at radius 3 is 1.78 bits per heavy atom. The van der Waals surface area contributed by atoms with Crippen molar-refractivity contribution >= 4 is 80.9 Å². The van der Waals surface area contributed by atoms with Crippen LogP contribution in [0.3, 0.4) is 0 Å². The van der Waals surface area contributed by atoms with Crippen LogP contribution >= 0.6 is 21.6 Å². The van der Waals surface area contributed by atoms with E-state index in [-0.39, 0.29) is 57.1 Å². The lowest BCUT2D eigenvalue weighted by molar-refractivity contribution is -0.141. The maximum absolute atomic E-state index is 13.6. The third-order valence-electron chi connectivity index (χ3n) is 8.78. The Hall–Kier alpha value is -6.60. The van der Waals surface area contributed by atoms with Gasteiger partial charge in [-0.05, 0) is 43.4 Å². The van der Waals surface area contributed by atoms with E-state index in [1.54, 1.807) is 65.4 Å². The molecule has 0 saturated carbocycles. The highest BCUT2D eigenvalue weighted by Gasteiger charge is 2.33. The standard InChI is InChI=1S/C40H58N12O11S2/c1-3-64-65-31-16-8-7-15-30(31)63-38(62)28(19-24-11-5-4-6-12-24)49-32(55)21-47-34(58)29(22-53)52-36(60)26(14-10-18-46-40(43)44)50-37(61)27(20-33(56)57)51-35(59)25(48-23(2)54)13-9-17-45-39(41)42/h4-8,11-12,15-16,25-29,53H,3,9-10,13-14,17-22H2,1-2H3,(H,47,58)(H,48,54)(H,49,55)(H,50,61)(H,51,59)(H,52,60)(H,56,57)(H4,41,42,45)(H4,43,44,46)/t25-,26-,27?,28?,29?/m0/s1. The number of rotatable bonds is 29. The summed E-state index contributed by atoms with van der Waals surface area (Å²) < 4.78 is 5.72. The quantitative estimate of drug-likeness (QED) is 0.0106. The third kappa shape index (κ3) is 22.0. The van der Waals surface area contributed by atoms with Gasteiger partial charge in [0.1, 0.15) is 36.0 Å². The molecule has 5 atom stereocenters. The molecule has 6 amide bonds. The van der Waals surface area contributed by atoms with Gasteiger partial charge in [0.05, 0.1) is 24.5 Å². The average Bonchev–Trinajstić information content (AvgIpc) is 3.25. The van der Waals surface area contributed by atoms with Crippen LogP contribution in [0, 0.1) is 10.8 Å². The molecule has 0 fully saturated rings. The molecule has 0 aliphatic rings. The van der Waals surface area contributed by atoms with Crippen molar-refractivity contribution < 1.29 is 53.3 Å². The van der Waals surface area contributed by atoms with Crippen molar-refractivity contribution in [3.05, 3.63) is 60.2 Å². The topological polar surface area (TPSA) is 382 Å². The molecule has 0 aliphatic carbocycles. The first-order valence-electron chi connectivity index (χ1n) is 20.3. The largest absolute Gasteiger partial charge is 0.481 e. The molecule has 2 aromatic carbocycles. The smallest absolute Gasteiger partial charge is 0.334 e. The molecule has 16 N–H and O–H groups in total. The number of carboxylic acid groups (broad SMARTS) is 1. The number of aliphatic hydroxyl groups excluding tert-OH is 1. The van der Waals surface area contributed by atoms with Gasteiger partial charge >= 0.3 is 11.9 Å². The van der Waals surface area contributed by atoms with Crippen LogP contribution in [-0.2, 0) is 44.8 Å². The second-order valence-corrected chi connectivity index (χ2v) is 16.7. The Morgan fingerprint density at radius 2 is 1.23 bits per heavy atom. The van der Waals surface area contributed by atoms with Crippen LogP contribution in [0.2, 0.25) is 0 Å². The van der Waals surface area contributed by atoms with E-state index in [9.17, 15) is 48.6 Å². The van der Waals surface area contributed by atoms with Crippen LogP contribution in [0.5, 0.6) is 5.75 Å². The number of aliphatic carboxylic acids is 1. The summed E-state index contributed by atoms with van der Waals surface area (Å²) >= 11 is 0. The number of aliphatic hydroxyl groups is 1. The summed E-state index contributed by atoms with van der Waals surface area (Å²) in [5.74, 6) is -7.43. The number of carbonyl (C=O) groups is 8. The predicted molar refractivity (Wildman–Crippen MR) is 242 cm³/mol. The molecule has 23 nitrogen and oxygen atoms in total. The van der Waals surface area contributed by atoms with Crippen LogP contribution in [0.25, 0.3) is 0 Å². The fourth-order valence-electron chi connectivity index (χ4n) is 5.72. The molecule has 65 heavy (non-hydrogen) atoms. The number of amides is 6. The molecule has 356 valence electrons. The first kappa shape index (κ1) is 54.5. The highest BCUT2D eigenvalue weighted by atomic mass is 33.1. The Kier molecular flexibility index (Phi) is 24.9. The molecular formula is C40H58N12O11S2. The molecular weight excluding hydrogens is 889 g/mol. The summed E-state index contributed by atoms with van der Waals surface area (Å²) in [5, 5.41) is 53.6. The average molecular weight is 947 g/mol. The van der Waals surface area contributed by atoms with Crippen molar-refractivity contribution in [3.63, 3.8) is 0 Å². The van der Waals surface area contributed by atoms with Crippen LogP contribution in [0.15, 0.2) is 59.5 Å². The number of benzene rings is 2. The van der Waals surface area contributed by atoms with Crippen molar-refractivity contribution in [2.75, 3.05) is 32.0 Å². The number of ether oxygens (including phenoxy) is 1. The number of carboxylic acids is 1. The van der Waals surface area contributed by atoms with Crippen LogP contribution in [0.4, 0.5) is 0 Å². The molecule has 0 aliphatic heterocycles. The number of nitrogens with two attached hydrogens (primary N) is 2. The number of carbonyl (C=O) groups excluding carboxylic acids is 7. The fourth-order valence-corrected chi connectivity index (χ4v) is 7.44. The lowest BCUT2D eigenvalue weighted by Gasteiger charge is -2.26. The third-order valence-corrected chi connectivity index (χ3v) is 11.2. The molecule has 0 heterocycles. The van der Waals surface area contributed by atoms with Crippen molar-refractivity contribution in [2.24, 2.45) is 11.5 Å². The number of hydrogen-bond acceptors (Lipinski definition) is 14. The zero-order chi connectivity index (χ0) is 48.3. The van der Waals surface area contributed by atoms with Gasteiger partial charge in [0, 0.05) is 32.2 Å². The van der Waals surface area contributed by atoms with Gasteiger partial charge in [0.15, 0.2) is 11.9 Å². The molecule has 25 heteroatoms. The van der Waals surface area contributed by atoms with Crippen LogP contribution in [0.1, 0.15) is 51.5 Å². The zero-order valence-corrected chi connectivity index (χ0v) is 37.5. The molecule has 0 aromatic heterocycles. The summed E-state index contributed by atoms with van der Waals surface area (Å²) in [6, 6.07) is 8.31. The molecule has 0 saturated heterocycles. The number of esters is 1. The normalized spacial score (nSPS) is 12.9. The number of hydrogen-bond donors (Lipinski definition) is 14. The van der Waals surface area contributed by atoms with Gasteiger partial charge in [-0.15, -0.1) is 0 Å². The molecule has 0 radical (unpaired) electrons. The van der Waals surface area contributed by atoms with Gasteiger partial charge in [-0.2, -0.15) is 0 Å². The lowest BCUT2D eigenvalue weighted by Crippen LogP contribution is -2.59. The Labute approximate surface area is 383 Å². The predicted octanol–water partition coefficient (Wildman–Crippen LogP) is -1.85. The van der Waals surface area contributed by atoms with E-state index in [4.69, 9.17) is 27.0 Å². The minimum atomic E-state index is -1.77. The Bertz CT molecular complexity index is 1960. The Balaban J connectivity index is 2.20. The number of para-hydroxylation sites is 1. The van der Waals surface area contributed by atoms with Gasteiger partial charge in [0.2, 0.25) is 35.4 Å². The summed E-state index contributed by atoms with van der Waals surface area (Å²) in [5.41, 5.74) is 11.3. The van der Waals surface area contributed by atoms with E-state index in [1.807, 2.05) is 6.92 Å². The molecule has 2 rings (SSSR count). The van der Waals surface area contributed by atoms with E-state index < -0.39 is 97.2 Å². The maximum Gasteiger partial charge on any atom is 0.334 e. The summed E-state index contributed by atoms with van der Waals surface area (Å²) in [6.07, 6.45) is -0.792. The highest BCUT2D eigenvalue weighted by Crippen LogP contribution is 2.37. The van der Waals surface area contributed by atoms with E-state index in [1.165, 1.54) is 10.8 Å². The SMILES string of the molecule is CCSSc1ccccc1OC(=O)C(Cc1ccccc1)NC(=O)CNC(=O)C(CO)NC(=O)[C@H](CCCNC(=N)N)NC(=O)C(CC(=O)O)NC(=O)[C@H](CCCNC(=N)N)NC(C)=O. The molecule has 0 bridgehead atoms. The van der Waals surface area contributed by atoms with Gasteiger partial charge in [-0.3, -0.25) is 44.4 Å². The molecule has 2 aromatic rings.